The van der Waals surface area contributed by atoms with E-state index in [1.807, 2.05) is 32.0 Å². The topological polar surface area (TPSA) is 105 Å². The van der Waals surface area contributed by atoms with Gasteiger partial charge in [-0.15, -0.1) is 0 Å². The molecule has 3 amide bonds. The molecule has 4 rings (SSSR count). The van der Waals surface area contributed by atoms with Crippen LogP contribution < -0.4 is 15.5 Å². The van der Waals surface area contributed by atoms with Crippen molar-refractivity contribution in [2.24, 2.45) is 0 Å². The average Bonchev–Trinajstić information content (AvgIpc) is 3.06. The van der Waals surface area contributed by atoms with Gasteiger partial charge in [0, 0.05) is 16.9 Å². The highest BCUT2D eigenvalue weighted by Gasteiger charge is 2.39. The number of anilines is 3. The van der Waals surface area contributed by atoms with Crippen molar-refractivity contribution < 1.29 is 23.9 Å². The van der Waals surface area contributed by atoms with Crippen molar-refractivity contribution in [1.82, 2.24) is 0 Å². The highest BCUT2D eigenvalue weighted by molar-refractivity contribution is 6.53. The quantitative estimate of drug-likeness (QED) is 0.370. The number of benzene rings is 3. The van der Waals surface area contributed by atoms with E-state index in [2.05, 4.69) is 10.6 Å². The van der Waals surface area contributed by atoms with Gasteiger partial charge in [-0.1, -0.05) is 23.7 Å². The number of nitrogens with one attached hydrogen (secondary N) is 2. The second kappa shape index (κ2) is 10.1. The number of halogens is 1. The van der Waals surface area contributed by atoms with Crippen molar-refractivity contribution in [3.63, 3.8) is 0 Å². The van der Waals surface area contributed by atoms with Gasteiger partial charge in [0.15, 0.2) is 0 Å². The predicted octanol–water partition coefficient (Wildman–Crippen LogP) is 4.78. The number of rotatable bonds is 6. The fraction of sp³-hybridized carbons (Fsp3) is 0.111. The SMILES string of the molecule is COC(=O)c1cccc(N2C(=O)C(Cl)=C(Nc3ccc(C(=O)Nc4cc(C)cc(C)c4)cc3)C2=O)c1. The molecule has 0 unspecified atom stereocenters. The van der Waals surface area contributed by atoms with Gasteiger partial charge in [0.05, 0.1) is 18.4 Å². The van der Waals surface area contributed by atoms with Gasteiger partial charge in [-0.2, -0.15) is 0 Å². The van der Waals surface area contributed by atoms with Crippen LogP contribution in [0.25, 0.3) is 0 Å². The van der Waals surface area contributed by atoms with Gasteiger partial charge in [-0.25, -0.2) is 9.69 Å². The third kappa shape index (κ3) is 4.99. The third-order valence-corrected chi connectivity index (χ3v) is 5.80. The van der Waals surface area contributed by atoms with Crippen LogP contribution >= 0.6 is 11.6 Å². The largest absolute Gasteiger partial charge is 0.465 e. The zero-order chi connectivity index (χ0) is 26.0. The Morgan fingerprint density at radius 3 is 2.14 bits per heavy atom. The van der Waals surface area contributed by atoms with Crippen LogP contribution in [0, 0.1) is 13.8 Å². The maximum absolute atomic E-state index is 13.0. The van der Waals surface area contributed by atoms with Crippen LogP contribution in [0.2, 0.25) is 0 Å². The number of esters is 1. The fourth-order valence-electron chi connectivity index (χ4n) is 3.84. The second-order valence-electron chi connectivity index (χ2n) is 8.21. The summed E-state index contributed by atoms with van der Waals surface area (Å²) in [6.45, 7) is 3.91. The molecule has 0 atom stereocenters. The lowest BCUT2D eigenvalue weighted by Crippen LogP contribution is -2.32. The number of aryl methyl sites for hydroxylation is 2. The fourth-order valence-corrected chi connectivity index (χ4v) is 4.05. The third-order valence-electron chi connectivity index (χ3n) is 5.45. The van der Waals surface area contributed by atoms with E-state index in [1.165, 1.54) is 31.4 Å². The zero-order valence-electron chi connectivity index (χ0n) is 19.7. The minimum atomic E-state index is -0.726. The Balaban J connectivity index is 1.49. The number of carbonyl (C=O) groups excluding carboxylic acids is 4. The molecule has 8 nitrogen and oxygen atoms in total. The van der Waals surface area contributed by atoms with Gasteiger partial charge in [-0.05, 0) is 79.6 Å². The molecule has 2 N–H and O–H groups in total. The molecule has 1 aliphatic rings. The monoisotopic (exact) mass is 503 g/mol. The van der Waals surface area contributed by atoms with Crippen molar-refractivity contribution in [3.05, 3.63) is 99.7 Å². The molecule has 1 heterocycles. The summed E-state index contributed by atoms with van der Waals surface area (Å²) in [6, 6.07) is 18.1. The normalized spacial score (nSPS) is 13.2. The minimum Gasteiger partial charge on any atom is -0.465 e. The summed E-state index contributed by atoms with van der Waals surface area (Å²) in [5, 5.41) is 5.44. The Bertz CT molecular complexity index is 1410. The molecule has 0 saturated heterocycles. The van der Waals surface area contributed by atoms with Crippen LogP contribution in [0.1, 0.15) is 31.8 Å². The summed E-state index contributed by atoms with van der Waals surface area (Å²) < 4.78 is 4.69. The lowest BCUT2D eigenvalue weighted by atomic mass is 10.1. The van der Waals surface area contributed by atoms with E-state index >= 15 is 0 Å². The Labute approximate surface area is 212 Å². The maximum atomic E-state index is 13.0. The summed E-state index contributed by atoms with van der Waals surface area (Å²) in [7, 11) is 1.24. The predicted molar refractivity (Wildman–Crippen MR) is 137 cm³/mol. The molecule has 0 aromatic heterocycles. The molecule has 0 fully saturated rings. The lowest BCUT2D eigenvalue weighted by Gasteiger charge is -2.16. The van der Waals surface area contributed by atoms with Gasteiger partial charge in [0.1, 0.15) is 10.7 Å². The van der Waals surface area contributed by atoms with E-state index in [0.29, 0.717) is 16.9 Å². The van der Waals surface area contributed by atoms with Crippen molar-refractivity contribution in [3.8, 4) is 0 Å². The summed E-state index contributed by atoms with van der Waals surface area (Å²) >= 11 is 6.19. The number of nitrogens with zero attached hydrogens (tertiary/aromatic N) is 1. The van der Waals surface area contributed by atoms with Gasteiger partial charge in [0.25, 0.3) is 17.7 Å². The molecule has 0 radical (unpaired) electrons. The van der Waals surface area contributed by atoms with Crippen molar-refractivity contribution in [2.45, 2.75) is 13.8 Å². The number of imide groups is 1. The first-order chi connectivity index (χ1) is 17.2. The molecule has 0 saturated carbocycles. The molecule has 9 heteroatoms. The second-order valence-corrected chi connectivity index (χ2v) is 8.59. The van der Waals surface area contributed by atoms with Gasteiger partial charge in [-0.3, -0.25) is 14.4 Å². The maximum Gasteiger partial charge on any atom is 0.337 e. The average molecular weight is 504 g/mol. The van der Waals surface area contributed by atoms with E-state index in [0.717, 1.165) is 16.0 Å². The molecular weight excluding hydrogens is 482 g/mol. The first kappa shape index (κ1) is 24.7. The summed E-state index contributed by atoms with van der Waals surface area (Å²) in [6.07, 6.45) is 0. The minimum absolute atomic E-state index is 0.113. The van der Waals surface area contributed by atoms with E-state index < -0.39 is 17.8 Å². The van der Waals surface area contributed by atoms with Gasteiger partial charge >= 0.3 is 5.97 Å². The molecular formula is C27H22ClN3O5. The van der Waals surface area contributed by atoms with Gasteiger partial charge < -0.3 is 15.4 Å². The Hall–Kier alpha value is -4.43. The highest BCUT2D eigenvalue weighted by atomic mass is 35.5. The zero-order valence-corrected chi connectivity index (χ0v) is 20.5. The van der Waals surface area contributed by atoms with Crippen LogP contribution in [0.15, 0.2) is 77.5 Å². The molecule has 0 spiro atoms. The smallest absolute Gasteiger partial charge is 0.337 e. The number of methoxy groups -OCH3 is 1. The Morgan fingerprint density at radius 1 is 0.833 bits per heavy atom. The van der Waals surface area contributed by atoms with Crippen LogP contribution in [0.3, 0.4) is 0 Å². The number of carbonyl (C=O) groups is 4. The van der Waals surface area contributed by atoms with E-state index in [-0.39, 0.29) is 27.9 Å². The molecule has 1 aliphatic heterocycles. The van der Waals surface area contributed by atoms with Crippen molar-refractivity contribution in [2.75, 3.05) is 22.6 Å². The molecule has 0 bridgehead atoms. The van der Waals surface area contributed by atoms with E-state index in [4.69, 9.17) is 16.3 Å². The van der Waals surface area contributed by atoms with E-state index in [9.17, 15) is 19.2 Å². The van der Waals surface area contributed by atoms with Crippen LogP contribution in [-0.4, -0.2) is 30.8 Å². The van der Waals surface area contributed by atoms with Crippen molar-refractivity contribution >= 4 is 52.4 Å². The summed E-state index contributed by atoms with van der Waals surface area (Å²) in [5.74, 6) is -2.29. The first-order valence-electron chi connectivity index (χ1n) is 10.9. The number of amides is 3. The molecule has 0 aliphatic carbocycles. The molecule has 36 heavy (non-hydrogen) atoms. The molecule has 3 aromatic carbocycles. The lowest BCUT2D eigenvalue weighted by molar-refractivity contribution is -0.120. The Kier molecular flexibility index (Phi) is 6.89. The van der Waals surface area contributed by atoms with E-state index in [1.54, 1.807) is 24.3 Å². The molecule has 182 valence electrons. The van der Waals surface area contributed by atoms with Crippen LogP contribution in [0.5, 0.6) is 0 Å². The summed E-state index contributed by atoms with van der Waals surface area (Å²) in [5.41, 5.74) is 3.89. The van der Waals surface area contributed by atoms with Crippen molar-refractivity contribution in [1.29, 1.82) is 0 Å². The molecule has 3 aromatic rings. The highest BCUT2D eigenvalue weighted by Crippen LogP contribution is 2.30. The van der Waals surface area contributed by atoms with Crippen LogP contribution in [0.4, 0.5) is 17.1 Å². The number of hydrogen-bond acceptors (Lipinski definition) is 6. The number of ether oxygens (including phenoxy) is 1. The Morgan fingerprint density at radius 2 is 1.50 bits per heavy atom. The number of hydrogen-bond donors (Lipinski definition) is 2. The summed E-state index contributed by atoms with van der Waals surface area (Å²) in [4.78, 5) is 51.1. The van der Waals surface area contributed by atoms with Crippen LogP contribution in [-0.2, 0) is 14.3 Å². The standard InChI is InChI=1S/C27H22ClN3O5/c1-15-11-16(2)13-20(12-15)30-24(32)17-7-9-19(10-8-17)29-23-22(28)25(33)31(26(23)34)21-6-4-5-18(14-21)27(35)36-3/h4-14,29H,1-3H3,(H,30,32). The first-order valence-corrected chi connectivity index (χ1v) is 11.3. The van der Waals surface area contributed by atoms with Gasteiger partial charge in [0.2, 0.25) is 0 Å².